The molecule has 1 saturated heterocycles. The van der Waals surface area contributed by atoms with Crippen LogP contribution in [0.25, 0.3) is 10.4 Å². The van der Waals surface area contributed by atoms with Crippen molar-refractivity contribution in [1.82, 2.24) is 25.3 Å². The van der Waals surface area contributed by atoms with E-state index in [9.17, 15) is 24.7 Å². The molecule has 2 unspecified atom stereocenters. The summed E-state index contributed by atoms with van der Waals surface area (Å²) in [4.78, 5) is 63.2. The molecule has 0 aliphatic carbocycles. The molecule has 0 spiro atoms. The third kappa shape index (κ3) is 12.3. The Morgan fingerprint density at radius 3 is 2.26 bits per heavy atom. The molecule has 1 fully saturated rings. The largest absolute Gasteiger partial charge is 0.379 e. The van der Waals surface area contributed by atoms with Crippen LogP contribution in [0.5, 0.6) is 0 Å². The number of carbonyl (C=O) groups is 4. The molecular weight excluding hydrogens is 700 g/mol. The minimum absolute atomic E-state index is 0.0204. The summed E-state index contributed by atoms with van der Waals surface area (Å²) >= 11 is 6.29. The Balaban J connectivity index is 2.27. The molecule has 298 valence electrons. The first-order chi connectivity index (χ1) is 25.0. The van der Waals surface area contributed by atoms with Crippen molar-refractivity contribution in [2.45, 2.75) is 116 Å². The van der Waals surface area contributed by atoms with Crippen molar-refractivity contribution in [3.63, 3.8) is 0 Å². The first kappa shape index (κ1) is 45.7. The first-order valence-corrected chi connectivity index (χ1v) is 19.1. The van der Waals surface area contributed by atoms with Crippen molar-refractivity contribution in [3.8, 4) is 0 Å². The van der Waals surface area contributed by atoms with Crippen molar-refractivity contribution in [2.24, 2.45) is 22.9 Å². The van der Waals surface area contributed by atoms with Crippen LogP contribution in [0.3, 0.4) is 0 Å². The second-order valence-electron chi connectivity index (χ2n) is 14.8. The van der Waals surface area contributed by atoms with Crippen molar-refractivity contribution >= 4 is 35.2 Å². The Labute approximate surface area is 321 Å². The highest BCUT2D eigenvalue weighted by molar-refractivity contribution is 6.31. The monoisotopic (exact) mass is 762 g/mol. The highest BCUT2D eigenvalue weighted by Gasteiger charge is 2.43. The van der Waals surface area contributed by atoms with Gasteiger partial charge in [-0.05, 0) is 62.4 Å². The number of hydrogen-bond acceptors (Lipinski definition) is 8. The smallest absolute Gasteiger partial charge is 0.245 e. The maximum absolute atomic E-state index is 14.3. The van der Waals surface area contributed by atoms with Crippen molar-refractivity contribution in [3.05, 3.63) is 45.3 Å². The van der Waals surface area contributed by atoms with E-state index in [4.69, 9.17) is 21.1 Å². The number of benzene rings is 1. The fourth-order valence-electron chi connectivity index (χ4n) is 7.62. The molecule has 53 heavy (non-hydrogen) atoms. The summed E-state index contributed by atoms with van der Waals surface area (Å²) in [6.07, 6.45) is 1.43. The summed E-state index contributed by atoms with van der Waals surface area (Å²) in [5.74, 6) is -1.83. The molecule has 0 aromatic heterocycles. The van der Waals surface area contributed by atoms with Crippen molar-refractivity contribution in [1.29, 1.82) is 0 Å². The average Bonchev–Trinajstić information content (AvgIpc) is 3.60. The zero-order valence-corrected chi connectivity index (χ0v) is 34.3. The molecule has 15 heteroatoms. The maximum atomic E-state index is 14.3. The minimum Gasteiger partial charge on any atom is -0.379 e. The fraction of sp³-hybridized carbons (Fsp3) is 0.737. The van der Waals surface area contributed by atoms with Gasteiger partial charge in [0.1, 0.15) is 6.04 Å². The number of likely N-dealkylation sites (N-methyl/N-ethyl adjacent to an activating group) is 2. The van der Waals surface area contributed by atoms with Gasteiger partial charge in [0.15, 0.2) is 0 Å². The fourth-order valence-corrected chi connectivity index (χ4v) is 7.85. The average molecular weight is 763 g/mol. The number of azide groups is 1. The van der Waals surface area contributed by atoms with Gasteiger partial charge < -0.3 is 29.9 Å². The van der Waals surface area contributed by atoms with E-state index >= 15 is 0 Å². The van der Waals surface area contributed by atoms with Crippen LogP contribution < -0.4 is 10.6 Å². The number of nitrogens with zero attached hydrogens (tertiary/aromatic N) is 6. The van der Waals surface area contributed by atoms with Crippen LogP contribution in [0, 0.1) is 17.8 Å². The summed E-state index contributed by atoms with van der Waals surface area (Å²) in [6.45, 7) is 12.1. The van der Waals surface area contributed by atoms with Crippen molar-refractivity contribution < 1.29 is 28.7 Å². The standard InChI is InChI=1S/C38H63ClN8O6/c1-12-24(4)34(46(9)38(51)32(26(6)43-44-40)42-37(50)33(23(2)3)45(7)8)30(52-10)22-31(48)47-21-15-18-29(47)35(53-11)25(5)36(49)41-20-19-27-16-13-14-17-28(27)39/h13-14,16-17,23-26,29-30,32-35H,12,15,18-22H2,1-11H3,(H,41,49)(H,42,50)/t24-,25+,26-,29?,30+,32-,33?,34-,35+/m0/s1. The Hall–Kier alpha value is -3.42. The second kappa shape index (κ2) is 22.1. The zero-order chi connectivity index (χ0) is 40.0. The number of nitrogens with one attached hydrogen (secondary N) is 2. The molecule has 1 heterocycles. The van der Waals surface area contributed by atoms with Crippen LogP contribution in [-0.2, 0) is 35.1 Å². The Bertz CT molecular complexity index is 1400. The number of likely N-dealkylation sites (tertiary alicyclic amines) is 1. The van der Waals surface area contributed by atoms with E-state index in [0.29, 0.717) is 37.4 Å². The van der Waals surface area contributed by atoms with Gasteiger partial charge in [0.25, 0.3) is 0 Å². The Morgan fingerprint density at radius 2 is 1.72 bits per heavy atom. The summed E-state index contributed by atoms with van der Waals surface area (Å²) in [5.41, 5.74) is 10.2. The van der Waals surface area contributed by atoms with Gasteiger partial charge in [-0.25, -0.2) is 0 Å². The van der Waals surface area contributed by atoms with Crippen LogP contribution in [-0.4, -0.2) is 129 Å². The molecule has 0 saturated carbocycles. The van der Waals surface area contributed by atoms with Gasteiger partial charge in [-0.2, -0.15) is 0 Å². The van der Waals surface area contributed by atoms with Crippen LogP contribution in [0.4, 0.5) is 0 Å². The molecule has 4 amide bonds. The van der Waals surface area contributed by atoms with Gasteiger partial charge in [0.2, 0.25) is 23.6 Å². The van der Waals surface area contributed by atoms with Crippen molar-refractivity contribution in [2.75, 3.05) is 48.5 Å². The zero-order valence-electron chi connectivity index (χ0n) is 33.5. The first-order valence-electron chi connectivity index (χ1n) is 18.7. The van der Waals surface area contributed by atoms with E-state index in [1.54, 1.807) is 45.0 Å². The summed E-state index contributed by atoms with van der Waals surface area (Å²) < 4.78 is 11.9. The van der Waals surface area contributed by atoms with Crippen LogP contribution in [0.2, 0.25) is 5.02 Å². The van der Waals surface area contributed by atoms with E-state index in [1.807, 2.05) is 58.9 Å². The lowest BCUT2D eigenvalue weighted by Gasteiger charge is -2.41. The highest BCUT2D eigenvalue weighted by Crippen LogP contribution is 2.29. The number of carbonyl (C=O) groups excluding carboxylic acids is 4. The number of hydrogen-bond donors (Lipinski definition) is 2. The molecule has 1 aromatic rings. The lowest BCUT2D eigenvalue weighted by molar-refractivity contribution is -0.147. The van der Waals surface area contributed by atoms with Gasteiger partial charge in [-0.3, -0.25) is 24.1 Å². The summed E-state index contributed by atoms with van der Waals surface area (Å²) in [6, 6.07) is 4.08. The summed E-state index contributed by atoms with van der Waals surface area (Å²) in [7, 11) is 8.30. The normalized spacial score (nSPS) is 19.0. The molecule has 2 rings (SSSR count). The van der Waals surface area contributed by atoms with Crippen LogP contribution in [0.15, 0.2) is 29.4 Å². The predicted molar refractivity (Wildman–Crippen MR) is 207 cm³/mol. The van der Waals surface area contributed by atoms with E-state index in [-0.39, 0.29) is 42.0 Å². The topological polar surface area (TPSA) is 169 Å². The number of rotatable bonds is 21. The number of halogens is 1. The van der Waals surface area contributed by atoms with E-state index in [0.717, 1.165) is 12.0 Å². The van der Waals surface area contributed by atoms with Crippen LogP contribution in [0.1, 0.15) is 72.8 Å². The van der Waals surface area contributed by atoms with Gasteiger partial charge in [0.05, 0.1) is 48.7 Å². The quantitative estimate of drug-likeness (QED) is 0.104. The van der Waals surface area contributed by atoms with Gasteiger partial charge in [-0.1, -0.05) is 82.9 Å². The highest BCUT2D eigenvalue weighted by atomic mass is 35.5. The number of amides is 4. The van der Waals surface area contributed by atoms with Gasteiger partial charge in [0, 0.05) is 44.3 Å². The van der Waals surface area contributed by atoms with Gasteiger partial charge >= 0.3 is 0 Å². The molecule has 9 atom stereocenters. The number of methoxy groups -OCH3 is 2. The Kier molecular flexibility index (Phi) is 19.1. The van der Waals surface area contributed by atoms with E-state index < -0.39 is 48.2 Å². The lowest BCUT2D eigenvalue weighted by atomic mass is 9.89. The molecule has 0 radical (unpaired) electrons. The van der Waals surface area contributed by atoms with E-state index in [1.165, 1.54) is 12.0 Å². The maximum Gasteiger partial charge on any atom is 0.245 e. The molecular formula is C38H63ClN8O6. The number of ether oxygens (including phenoxy) is 2. The molecule has 2 N–H and O–H groups in total. The predicted octanol–water partition coefficient (Wildman–Crippen LogP) is 4.69. The van der Waals surface area contributed by atoms with Crippen LogP contribution >= 0.6 is 11.6 Å². The lowest BCUT2D eigenvalue weighted by Crippen LogP contribution is -2.60. The molecule has 14 nitrogen and oxygen atoms in total. The second-order valence-corrected chi connectivity index (χ2v) is 15.2. The Morgan fingerprint density at radius 1 is 1.06 bits per heavy atom. The molecule has 1 aliphatic heterocycles. The SMILES string of the molecule is CC[C@H](C)[C@@H]([C@@H](CC(=O)N1CCCC1[C@H](OC)[C@@H](C)C(=O)NCCc1ccccc1Cl)OC)N(C)C(=O)[C@@H](NC(=O)C(C(C)C)N(C)C)[C@H](C)N=[N+]=[N-]. The summed E-state index contributed by atoms with van der Waals surface area (Å²) in [5, 5.41) is 10.3. The third-order valence-electron chi connectivity index (χ3n) is 10.6. The molecule has 1 aromatic carbocycles. The van der Waals surface area contributed by atoms with E-state index in [2.05, 4.69) is 20.7 Å². The van der Waals surface area contributed by atoms with Gasteiger partial charge in [-0.15, -0.1) is 0 Å². The minimum atomic E-state index is -1.15. The molecule has 0 bridgehead atoms. The third-order valence-corrected chi connectivity index (χ3v) is 11.0. The molecule has 1 aliphatic rings.